The third-order valence-corrected chi connectivity index (χ3v) is 6.91. The van der Waals surface area contributed by atoms with Crippen molar-refractivity contribution in [3.05, 3.63) is 33.9 Å². The summed E-state index contributed by atoms with van der Waals surface area (Å²) in [7, 11) is 0. The van der Waals surface area contributed by atoms with Gasteiger partial charge < -0.3 is 0 Å². The Hall–Kier alpha value is -0.780. The molecule has 0 nitrogen and oxygen atoms in total. The van der Waals surface area contributed by atoms with Crippen LogP contribution in [0.5, 0.6) is 0 Å². The molecule has 31 heavy (non-hydrogen) atoms. The number of hydrogen-bond acceptors (Lipinski definition) is 0. The molecule has 0 amide bonds. The number of rotatable bonds is 20. The zero-order valence-corrected chi connectivity index (χ0v) is 22.1. The fraction of sp³-hybridized carbons (Fsp3) is 0.806. The van der Waals surface area contributed by atoms with Gasteiger partial charge in [-0.3, -0.25) is 0 Å². The highest BCUT2D eigenvalue weighted by atomic mass is 14.2. The van der Waals surface area contributed by atoms with E-state index in [4.69, 9.17) is 0 Å². The summed E-state index contributed by atoms with van der Waals surface area (Å²) in [5.74, 6) is 0. The molecule has 0 aliphatic rings. The molecule has 0 bridgehead atoms. The Labute approximate surface area is 197 Å². The largest absolute Gasteiger partial charge is 0.0654 e. The molecule has 0 aliphatic heterocycles. The van der Waals surface area contributed by atoms with E-state index in [0.717, 1.165) is 0 Å². The fourth-order valence-corrected chi connectivity index (χ4v) is 4.97. The Bertz CT molecular complexity index is 511. The standard InChI is InChI=1S/C31H55/c1-6-11-16-21-27-26-28(22-17-12-7-2)30(24-19-14-9-4)31(25-20-15-10-5)29(27)23-18-13-8-3/h6-25H2,1-5H3. The predicted octanol–water partition coefficient (Wildman–Crippen LogP) is 10.2. The summed E-state index contributed by atoms with van der Waals surface area (Å²) in [4.78, 5) is 0. The van der Waals surface area contributed by atoms with Crippen LogP contribution in [-0.2, 0) is 32.1 Å². The lowest BCUT2D eigenvalue weighted by Crippen LogP contribution is -2.11. The summed E-state index contributed by atoms with van der Waals surface area (Å²) in [6.45, 7) is 11.7. The monoisotopic (exact) mass is 427 g/mol. The average molecular weight is 428 g/mol. The van der Waals surface area contributed by atoms with Gasteiger partial charge in [-0.25, -0.2) is 0 Å². The lowest BCUT2D eigenvalue weighted by atomic mass is 9.82. The molecule has 0 saturated heterocycles. The van der Waals surface area contributed by atoms with E-state index in [1.807, 2.05) is 0 Å². The summed E-state index contributed by atoms with van der Waals surface area (Å²) >= 11 is 0. The van der Waals surface area contributed by atoms with Gasteiger partial charge >= 0.3 is 0 Å². The van der Waals surface area contributed by atoms with Gasteiger partial charge in [0.15, 0.2) is 0 Å². The van der Waals surface area contributed by atoms with E-state index in [9.17, 15) is 0 Å². The average Bonchev–Trinajstić information content (AvgIpc) is 2.77. The quantitative estimate of drug-likeness (QED) is 0.181. The molecule has 0 saturated carbocycles. The van der Waals surface area contributed by atoms with Crippen molar-refractivity contribution in [2.45, 2.75) is 163 Å². The SMILES string of the molecule is CCCCCc1[c]c(CCCCC)c(CCCCC)c(CCCCC)c1CCCCC. The molecule has 0 N–H and O–H groups in total. The maximum absolute atomic E-state index is 4.08. The summed E-state index contributed by atoms with van der Waals surface area (Å²) < 4.78 is 0. The predicted molar refractivity (Wildman–Crippen MR) is 141 cm³/mol. The second-order valence-electron chi connectivity index (χ2n) is 9.80. The van der Waals surface area contributed by atoms with Crippen molar-refractivity contribution in [1.29, 1.82) is 0 Å². The summed E-state index contributed by atoms with van der Waals surface area (Å²) in [6.07, 6.45) is 26.6. The van der Waals surface area contributed by atoms with Gasteiger partial charge in [0.25, 0.3) is 0 Å². The van der Waals surface area contributed by atoms with Gasteiger partial charge in [0, 0.05) is 0 Å². The lowest BCUT2D eigenvalue weighted by molar-refractivity contribution is 0.655. The first-order valence-electron chi connectivity index (χ1n) is 14.3. The molecule has 0 heteroatoms. The number of hydrogen-bond donors (Lipinski definition) is 0. The van der Waals surface area contributed by atoms with Crippen molar-refractivity contribution in [2.24, 2.45) is 0 Å². The smallest absolute Gasteiger partial charge is 0.0108 e. The van der Waals surface area contributed by atoms with Crippen molar-refractivity contribution < 1.29 is 0 Å². The van der Waals surface area contributed by atoms with Crippen molar-refractivity contribution in [3.63, 3.8) is 0 Å². The Kier molecular flexibility index (Phi) is 17.1. The molecule has 0 aromatic heterocycles. The third-order valence-electron chi connectivity index (χ3n) is 6.91. The molecule has 0 atom stereocenters. The van der Waals surface area contributed by atoms with Crippen LogP contribution >= 0.6 is 0 Å². The van der Waals surface area contributed by atoms with Crippen LogP contribution in [0.2, 0.25) is 0 Å². The summed E-state index contributed by atoms with van der Waals surface area (Å²) in [5, 5.41) is 0. The number of unbranched alkanes of at least 4 members (excludes halogenated alkanes) is 10. The zero-order chi connectivity index (χ0) is 22.7. The molecule has 0 aliphatic carbocycles. The molecule has 1 aromatic rings. The van der Waals surface area contributed by atoms with E-state index in [1.54, 1.807) is 27.8 Å². The Morgan fingerprint density at radius 3 is 0.968 bits per heavy atom. The maximum atomic E-state index is 4.08. The Morgan fingerprint density at radius 2 is 0.645 bits per heavy atom. The second kappa shape index (κ2) is 18.8. The normalized spacial score (nSPS) is 11.4. The van der Waals surface area contributed by atoms with E-state index in [-0.39, 0.29) is 0 Å². The van der Waals surface area contributed by atoms with Crippen LogP contribution in [0.3, 0.4) is 0 Å². The third kappa shape index (κ3) is 11.1. The minimum atomic E-state index is 1.26. The summed E-state index contributed by atoms with van der Waals surface area (Å²) in [5.41, 5.74) is 8.50. The first-order chi connectivity index (χ1) is 15.2. The highest BCUT2D eigenvalue weighted by molar-refractivity contribution is 5.46. The van der Waals surface area contributed by atoms with Crippen molar-refractivity contribution in [2.75, 3.05) is 0 Å². The lowest BCUT2D eigenvalue weighted by Gasteiger charge is -2.23. The van der Waals surface area contributed by atoms with Crippen LogP contribution in [0.15, 0.2) is 0 Å². The molecule has 179 valence electrons. The van der Waals surface area contributed by atoms with Gasteiger partial charge in [-0.15, -0.1) is 0 Å². The van der Waals surface area contributed by atoms with E-state index < -0.39 is 0 Å². The Balaban J connectivity index is 3.37. The van der Waals surface area contributed by atoms with E-state index in [2.05, 4.69) is 40.7 Å². The van der Waals surface area contributed by atoms with E-state index >= 15 is 0 Å². The first-order valence-corrected chi connectivity index (χ1v) is 14.3. The molecule has 0 unspecified atom stereocenters. The zero-order valence-electron chi connectivity index (χ0n) is 22.1. The van der Waals surface area contributed by atoms with Crippen LogP contribution in [0.1, 0.15) is 159 Å². The van der Waals surface area contributed by atoms with Crippen LogP contribution in [0, 0.1) is 6.07 Å². The topological polar surface area (TPSA) is 0 Å². The highest BCUT2D eigenvalue weighted by Crippen LogP contribution is 2.31. The highest BCUT2D eigenvalue weighted by Gasteiger charge is 2.18. The molecule has 0 heterocycles. The fourth-order valence-electron chi connectivity index (χ4n) is 4.97. The van der Waals surface area contributed by atoms with E-state index in [0.29, 0.717) is 0 Å². The van der Waals surface area contributed by atoms with E-state index in [1.165, 1.54) is 128 Å². The molecule has 1 rings (SSSR count). The summed E-state index contributed by atoms with van der Waals surface area (Å²) in [6, 6.07) is 4.08. The minimum absolute atomic E-state index is 1.26. The number of benzene rings is 1. The van der Waals surface area contributed by atoms with Crippen molar-refractivity contribution in [1.82, 2.24) is 0 Å². The maximum Gasteiger partial charge on any atom is -0.0108 e. The first kappa shape index (κ1) is 28.3. The van der Waals surface area contributed by atoms with Crippen LogP contribution < -0.4 is 0 Å². The molecule has 0 fully saturated rings. The Morgan fingerprint density at radius 1 is 0.355 bits per heavy atom. The van der Waals surface area contributed by atoms with Gasteiger partial charge in [0.05, 0.1) is 0 Å². The van der Waals surface area contributed by atoms with Gasteiger partial charge in [0.2, 0.25) is 0 Å². The van der Waals surface area contributed by atoms with Crippen molar-refractivity contribution >= 4 is 0 Å². The van der Waals surface area contributed by atoms with Crippen LogP contribution in [-0.4, -0.2) is 0 Å². The minimum Gasteiger partial charge on any atom is -0.0654 e. The van der Waals surface area contributed by atoms with Crippen LogP contribution in [0.4, 0.5) is 0 Å². The molecular weight excluding hydrogens is 372 g/mol. The van der Waals surface area contributed by atoms with Gasteiger partial charge in [-0.2, -0.15) is 0 Å². The van der Waals surface area contributed by atoms with Gasteiger partial charge in [0.1, 0.15) is 0 Å². The molecule has 0 spiro atoms. The molecule has 1 aromatic carbocycles. The molecular formula is C31H55. The van der Waals surface area contributed by atoms with Crippen molar-refractivity contribution in [3.8, 4) is 0 Å². The van der Waals surface area contributed by atoms with Gasteiger partial charge in [-0.1, -0.05) is 98.8 Å². The second-order valence-corrected chi connectivity index (χ2v) is 9.80. The number of aryl methyl sites for hydroxylation is 2. The van der Waals surface area contributed by atoms with Crippen LogP contribution in [0.25, 0.3) is 0 Å². The molecule has 1 radical (unpaired) electrons. The van der Waals surface area contributed by atoms with Gasteiger partial charge in [-0.05, 0) is 98.1 Å².